The molecule has 4 aliphatic rings. The third-order valence-electron chi connectivity index (χ3n) is 11.0. The van der Waals surface area contributed by atoms with E-state index in [1.54, 1.807) is 0 Å². The largest absolute Gasteiger partial charge is 0.481 e. The highest BCUT2D eigenvalue weighted by atomic mass is 16.6. The molecule has 8 rings (SSSR count). The fourth-order valence-corrected chi connectivity index (χ4v) is 8.25. The Morgan fingerprint density at radius 1 is 0.519 bits per heavy atom. The van der Waals surface area contributed by atoms with Gasteiger partial charge in [-0.05, 0) is 56.3 Å². The van der Waals surface area contributed by atoms with Gasteiger partial charge in [0.15, 0.2) is 0 Å². The Hall–Kier alpha value is -5.64. The second-order valence-electron chi connectivity index (χ2n) is 14.3. The lowest BCUT2D eigenvalue weighted by atomic mass is 9.98. The van der Waals surface area contributed by atoms with Crippen molar-refractivity contribution in [3.63, 3.8) is 0 Å². The van der Waals surface area contributed by atoms with E-state index in [0.717, 1.165) is 0 Å². The van der Waals surface area contributed by atoms with E-state index in [1.807, 2.05) is 62.4 Å². The SMILES string of the molecule is C[C@@H]1CN(C(=O)OCC2c3ccccc3-c3ccccc32)C[C@H]1C(=O)O.C[C@H]1CN(C(=O)OCC2c3ccccc3-c3ccccc32)C[C@@H]1C(=O)O. The molecule has 2 amide bonds. The Labute approximate surface area is 302 Å². The summed E-state index contributed by atoms with van der Waals surface area (Å²) in [4.78, 5) is 50.4. The lowest BCUT2D eigenvalue weighted by molar-refractivity contribution is -0.143. The van der Waals surface area contributed by atoms with Gasteiger partial charge in [0.25, 0.3) is 0 Å². The Bertz CT molecular complexity index is 1780. The average Bonchev–Trinajstić information content (AvgIpc) is 3.91. The number of carboxylic acid groups (broad SMARTS) is 2. The van der Waals surface area contributed by atoms with Gasteiger partial charge in [0.1, 0.15) is 13.2 Å². The van der Waals surface area contributed by atoms with Crippen molar-refractivity contribution in [2.45, 2.75) is 25.7 Å². The van der Waals surface area contributed by atoms with Crippen molar-refractivity contribution >= 4 is 24.1 Å². The van der Waals surface area contributed by atoms with Gasteiger partial charge < -0.3 is 29.5 Å². The fraction of sp³-hybridized carbons (Fsp3) is 0.333. The first-order chi connectivity index (χ1) is 25.1. The highest BCUT2D eigenvalue weighted by Crippen LogP contribution is 2.46. The number of fused-ring (bicyclic) bond motifs is 6. The number of carbonyl (C=O) groups excluding carboxylic acids is 2. The van der Waals surface area contributed by atoms with E-state index in [4.69, 9.17) is 9.47 Å². The number of ether oxygens (including phenoxy) is 2. The molecule has 2 aliphatic heterocycles. The summed E-state index contributed by atoms with van der Waals surface area (Å²) in [6.07, 6.45) is -0.857. The van der Waals surface area contributed by atoms with E-state index < -0.39 is 36.0 Å². The number of amides is 2. The third kappa shape index (κ3) is 6.61. The van der Waals surface area contributed by atoms with Gasteiger partial charge >= 0.3 is 24.1 Å². The number of nitrogens with zero attached hydrogens (tertiary/aromatic N) is 2. The van der Waals surface area contributed by atoms with Gasteiger partial charge in [-0.25, -0.2) is 9.59 Å². The Morgan fingerprint density at radius 3 is 1.08 bits per heavy atom. The van der Waals surface area contributed by atoms with Gasteiger partial charge in [-0.3, -0.25) is 9.59 Å². The van der Waals surface area contributed by atoms with E-state index in [0.29, 0.717) is 13.1 Å². The Morgan fingerprint density at radius 2 is 0.808 bits per heavy atom. The van der Waals surface area contributed by atoms with Gasteiger partial charge in [-0.15, -0.1) is 0 Å². The zero-order chi connectivity index (χ0) is 36.5. The molecule has 2 fully saturated rings. The van der Waals surface area contributed by atoms with Crippen molar-refractivity contribution in [2.75, 3.05) is 39.4 Å². The van der Waals surface area contributed by atoms with Crippen molar-refractivity contribution < 1.29 is 38.9 Å². The van der Waals surface area contributed by atoms with Crippen LogP contribution in [0.3, 0.4) is 0 Å². The molecule has 0 bridgehead atoms. The van der Waals surface area contributed by atoms with E-state index in [-0.39, 0.29) is 50.0 Å². The van der Waals surface area contributed by atoms with Crippen LogP contribution in [-0.2, 0) is 19.1 Å². The number of aliphatic carboxylic acids is 2. The van der Waals surface area contributed by atoms with E-state index >= 15 is 0 Å². The highest BCUT2D eigenvalue weighted by molar-refractivity contribution is 5.81. The molecule has 4 aromatic carbocycles. The molecule has 4 aromatic rings. The number of benzene rings is 4. The predicted molar refractivity (Wildman–Crippen MR) is 194 cm³/mol. The van der Waals surface area contributed by atoms with Gasteiger partial charge in [0, 0.05) is 38.0 Å². The van der Waals surface area contributed by atoms with Crippen LogP contribution >= 0.6 is 0 Å². The zero-order valence-corrected chi connectivity index (χ0v) is 29.2. The molecular weight excluding hydrogens is 660 g/mol. The van der Waals surface area contributed by atoms with E-state index in [2.05, 4.69) is 48.5 Å². The zero-order valence-electron chi connectivity index (χ0n) is 29.2. The van der Waals surface area contributed by atoms with Crippen LogP contribution in [0.5, 0.6) is 0 Å². The average molecular weight is 703 g/mol. The summed E-state index contributed by atoms with van der Waals surface area (Å²) in [6.45, 7) is 5.51. The molecule has 10 heteroatoms. The maximum absolute atomic E-state index is 12.5. The van der Waals surface area contributed by atoms with Crippen LogP contribution in [0.4, 0.5) is 9.59 Å². The normalized spacial score (nSPS) is 21.3. The van der Waals surface area contributed by atoms with Crippen molar-refractivity contribution in [1.82, 2.24) is 9.80 Å². The van der Waals surface area contributed by atoms with Crippen LogP contribution in [0.25, 0.3) is 22.3 Å². The van der Waals surface area contributed by atoms with E-state index in [1.165, 1.54) is 54.3 Å². The van der Waals surface area contributed by atoms with Gasteiger partial charge in [0.05, 0.1) is 11.8 Å². The molecule has 2 N–H and O–H groups in total. The van der Waals surface area contributed by atoms with Crippen molar-refractivity contribution in [1.29, 1.82) is 0 Å². The Balaban J connectivity index is 0.000000162. The number of hydrogen-bond donors (Lipinski definition) is 2. The first-order valence-corrected chi connectivity index (χ1v) is 17.8. The molecule has 10 nitrogen and oxygen atoms in total. The number of likely N-dealkylation sites (tertiary alicyclic amines) is 2. The number of carboxylic acids is 2. The molecular formula is C42H42N2O8. The van der Waals surface area contributed by atoms with Gasteiger partial charge in [0.2, 0.25) is 0 Å². The van der Waals surface area contributed by atoms with Crippen LogP contribution in [-0.4, -0.2) is 83.5 Å². The molecule has 2 saturated heterocycles. The van der Waals surface area contributed by atoms with Crippen LogP contribution in [0.2, 0.25) is 0 Å². The molecule has 52 heavy (non-hydrogen) atoms. The molecule has 0 spiro atoms. The highest BCUT2D eigenvalue weighted by Gasteiger charge is 2.40. The molecule has 2 heterocycles. The summed E-state index contributed by atoms with van der Waals surface area (Å²) in [5, 5.41) is 18.5. The monoisotopic (exact) mass is 702 g/mol. The lowest BCUT2D eigenvalue weighted by Gasteiger charge is -2.19. The summed E-state index contributed by atoms with van der Waals surface area (Å²) >= 11 is 0. The second-order valence-corrected chi connectivity index (χ2v) is 14.3. The topological polar surface area (TPSA) is 134 Å². The number of rotatable bonds is 6. The summed E-state index contributed by atoms with van der Waals surface area (Å²) in [7, 11) is 0. The fourth-order valence-electron chi connectivity index (χ4n) is 8.25. The molecule has 0 unspecified atom stereocenters. The second kappa shape index (κ2) is 14.5. The van der Waals surface area contributed by atoms with Crippen LogP contribution in [0.1, 0.15) is 47.9 Å². The molecule has 2 aliphatic carbocycles. The van der Waals surface area contributed by atoms with Crippen LogP contribution in [0.15, 0.2) is 97.1 Å². The van der Waals surface area contributed by atoms with Crippen LogP contribution in [0, 0.1) is 23.7 Å². The van der Waals surface area contributed by atoms with Crippen LogP contribution < -0.4 is 0 Å². The smallest absolute Gasteiger partial charge is 0.409 e. The molecule has 0 saturated carbocycles. The van der Waals surface area contributed by atoms with Gasteiger partial charge in [-0.1, -0.05) is 111 Å². The third-order valence-corrected chi connectivity index (χ3v) is 11.0. The Kier molecular flexibility index (Phi) is 9.73. The number of carbonyl (C=O) groups is 4. The summed E-state index contributed by atoms with van der Waals surface area (Å²) in [5.74, 6) is -2.84. The molecule has 0 aromatic heterocycles. The lowest BCUT2D eigenvalue weighted by Crippen LogP contribution is -2.31. The first kappa shape index (κ1) is 34.8. The van der Waals surface area contributed by atoms with Crippen molar-refractivity contribution in [2.24, 2.45) is 23.7 Å². The minimum Gasteiger partial charge on any atom is -0.481 e. The van der Waals surface area contributed by atoms with Gasteiger partial charge in [-0.2, -0.15) is 0 Å². The van der Waals surface area contributed by atoms with Crippen molar-refractivity contribution in [3.05, 3.63) is 119 Å². The molecule has 0 radical (unpaired) electrons. The molecule has 268 valence electrons. The molecule has 4 atom stereocenters. The maximum Gasteiger partial charge on any atom is 0.409 e. The van der Waals surface area contributed by atoms with E-state index in [9.17, 15) is 29.4 Å². The summed E-state index contributed by atoms with van der Waals surface area (Å²) in [6, 6.07) is 32.7. The predicted octanol–water partition coefficient (Wildman–Crippen LogP) is 7.18. The summed E-state index contributed by atoms with van der Waals surface area (Å²) < 4.78 is 11.2. The minimum atomic E-state index is -0.855. The minimum absolute atomic E-state index is 0.0154. The standard InChI is InChI=1S/2C21H21NO4/c2*1-13-10-22(11-18(13)20(23)24)21(25)26-12-19-16-8-4-2-6-14(16)15-7-3-5-9-17(15)19/h2*2-9,13,18-19H,10-12H2,1H3,(H,23,24)/t2*13-,18-/m10/s1. The first-order valence-electron chi connectivity index (χ1n) is 17.8. The summed E-state index contributed by atoms with van der Waals surface area (Å²) in [5.41, 5.74) is 9.41. The van der Waals surface area contributed by atoms with Crippen molar-refractivity contribution in [3.8, 4) is 22.3 Å². The number of hydrogen-bond acceptors (Lipinski definition) is 6. The maximum atomic E-state index is 12.5. The quantitative estimate of drug-likeness (QED) is 0.216.